The molecule has 4 nitrogen and oxygen atoms in total. The molecule has 0 radical (unpaired) electrons. The van der Waals surface area contributed by atoms with Crippen molar-refractivity contribution in [1.82, 2.24) is 9.97 Å². The van der Waals surface area contributed by atoms with E-state index in [1.807, 2.05) is 6.92 Å². The Morgan fingerprint density at radius 3 is 2.30 bits per heavy atom. The lowest BCUT2D eigenvalue weighted by Crippen LogP contribution is -2.09. The number of benzene rings is 1. The van der Waals surface area contributed by atoms with Crippen LogP contribution >= 0.6 is 34.8 Å². The van der Waals surface area contributed by atoms with Gasteiger partial charge in [0.1, 0.15) is 5.82 Å². The largest absolute Gasteiger partial charge is 0.383 e. The maximum atomic E-state index is 6.18. The average molecular weight is 332 g/mol. The third-order valence-corrected chi connectivity index (χ3v) is 4.01. The van der Waals surface area contributed by atoms with Gasteiger partial charge in [-0.05, 0) is 24.1 Å². The van der Waals surface area contributed by atoms with Crippen LogP contribution in [0, 0.1) is 0 Å². The van der Waals surface area contributed by atoms with E-state index >= 15 is 0 Å². The Balaban J connectivity index is 2.47. The van der Waals surface area contributed by atoms with E-state index in [2.05, 4.69) is 9.97 Å². The smallest absolute Gasteiger partial charge is 0.222 e. The minimum Gasteiger partial charge on any atom is -0.383 e. The Bertz CT molecular complexity index is 659. The Hall–Kier alpha value is -1.23. The van der Waals surface area contributed by atoms with Crippen LogP contribution in [0.5, 0.6) is 0 Å². The number of nitrogens with zero attached hydrogens (tertiary/aromatic N) is 2. The van der Waals surface area contributed by atoms with Crippen LogP contribution in [0.3, 0.4) is 0 Å². The molecule has 1 aromatic heterocycles. The third-order valence-electron chi connectivity index (χ3n) is 2.93. The molecule has 4 N–H and O–H groups in total. The van der Waals surface area contributed by atoms with E-state index in [-0.39, 0.29) is 5.95 Å². The van der Waals surface area contributed by atoms with Gasteiger partial charge in [-0.3, -0.25) is 0 Å². The molecule has 2 aromatic rings. The van der Waals surface area contributed by atoms with Gasteiger partial charge < -0.3 is 11.5 Å². The summed E-state index contributed by atoms with van der Waals surface area (Å²) in [6.07, 6.45) is 1.18. The van der Waals surface area contributed by atoms with Crippen LogP contribution in [0.25, 0.3) is 0 Å². The SMILES string of the molecule is CCc1nc(N)nc(N)c1Cc1cc(Cl)c(Cl)cc1Cl. The molecule has 0 amide bonds. The number of anilines is 2. The number of rotatable bonds is 3. The minimum atomic E-state index is 0.170. The van der Waals surface area contributed by atoms with Crippen molar-refractivity contribution in [3.8, 4) is 0 Å². The molecule has 0 saturated carbocycles. The van der Waals surface area contributed by atoms with Gasteiger partial charge in [-0.25, -0.2) is 4.98 Å². The molecule has 1 aromatic carbocycles. The first-order valence-corrected chi connectivity index (χ1v) is 7.10. The van der Waals surface area contributed by atoms with Crippen LogP contribution in [0.2, 0.25) is 15.1 Å². The highest BCUT2D eigenvalue weighted by molar-refractivity contribution is 6.43. The molecule has 0 aliphatic heterocycles. The van der Waals surface area contributed by atoms with E-state index in [0.29, 0.717) is 33.7 Å². The van der Waals surface area contributed by atoms with Gasteiger partial charge in [0, 0.05) is 17.0 Å². The summed E-state index contributed by atoms with van der Waals surface area (Å²) in [7, 11) is 0. The maximum Gasteiger partial charge on any atom is 0.222 e. The number of nitrogen functional groups attached to an aromatic ring is 2. The Morgan fingerprint density at radius 1 is 1.00 bits per heavy atom. The molecule has 7 heteroatoms. The summed E-state index contributed by atoms with van der Waals surface area (Å²) >= 11 is 18.1. The second kappa shape index (κ2) is 6.04. The summed E-state index contributed by atoms with van der Waals surface area (Å²) in [5.74, 6) is 0.528. The predicted octanol–water partition coefficient (Wildman–Crippen LogP) is 3.75. The molecule has 0 saturated heterocycles. The van der Waals surface area contributed by atoms with Gasteiger partial charge in [0.05, 0.1) is 15.7 Å². The van der Waals surface area contributed by atoms with Gasteiger partial charge in [0.25, 0.3) is 0 Å². The van der Waals surface area contributed by atoms with E-state index < -0.39 is 0 Å². The van der Waals surface area contributed by atoms with Crippen molar-refractivity contribution in [2.24, 2.45) is 0 Å². The Kier molecular flexibility index (Phi) is 4.58. The van der Waals surface area contributed by atoms with Gasteiger partial charge >= 0.3 is 0 Å². The quantitative estimate of drug-likeness (QED) is 0.840. The molecular weight excluding hydrogens is 319 g/mol. The standard InChI is InChI=1S/C13H13Cl3N4/c1-2-11-7(12(17)20-13(18)19-11)3-6-4-9(15)10(16)5-8(6)14/h4-5H,2-3H2,1H3,(H4,17,18,19,20). The number of hydrogen-bond donors (Lipinski definition) is 2. The van der Waals surface area contributed by atoms with Crippen LogP contribution in [-0.4, -0.2) is 9.97 Å². The number of halogens is 3. The van der Waals surface area contributed by atoms with Crippen LogP contribution in [0.1, 0.15) is 23.7 Å². The molecule has 106 valence electrons. The van der Waals surface area contributed by atoms with Crippen molar-refractivity contribution in [2.45, 2.75) is 19.8 Å². The van der Waals surface area contributed by atoms with Crippen LogP contribution in [-0.2, 0) is 12.8 Å². The van der Waals surface area contributed by atoms with Gasteiger partial charge in [-0.15, -0.1) is 0 Å². The number of hydrogen-bond acceptors (Lipinski definition) is 4. The van der Waals surface area contributed by atoms with E-state index in [1.54, 1.807) is 12.1 Å². The molecular formula is C13H13Cl3N4. The number of aromatic nitrogens is 2. The Labute approximate surface area is 132 Å². The summed E-state index contributed by atoms with van der Waals surface area (Å²) < 4.78 is 0. The van der Waals surface area contributed by atoms with Crippen molar-refractivity contribution in [1.29, 1.82) is 0 Å². The van der Waals surface area contributed by atoms with E-state index in [4.69, 9.17) is 46.3 Å². The molecule has 0 spiro atoms. The lowest BCUT2D eigenvalue weighted by molar-refractivity contribution is 0.958. The first-order valence-electron chi connectivity index (χ1n) is 5.96. The zero-order valence-electron chi connectivity index (χ0n) is 10.8. The normalized spacial score (nSPS) is 10.8. The summed E-state index contributed by atoms with van der Waals surface area (Å²) in [6.45, 7) is 1.97. The van der Waals surface area contributed by atoms with Gasteiger partial charge in [-0.2, -0.15) is 4.98 Å². The third kappa shape index (κ3) is 3.08. The fourth-order valence-electron chi connectivity index (χ4n) is 1.94. The van der Waals surface area contributed by atoms with Crippen molar-refractivity contribution in [3.63, 3.8) is 0 Å². The highest BCUT2D eigenvalue weighted by atomic mass is 35.5. The molecule has 1 heterocycles. The van der Waals surface area contributed by atoms with E-state index in [0.717, 1.165) is 16.8 Å². The summed E-state index contributed by atoms with van der Waals surface area (Å²) in [5.41, 5.74) is 14.0. The van der Waals surface area contributed by atoms with Crippen LogP contribution in [0.15, 0.2) is 12.1 Å². The molecule has 2 rings (SSSR count). The first kappa shape index (κ1) is 15.2. The van der Waals surface area contributed by atoms with Crippen molar-refractivity contribution < 1.29 is 0 Å². The zero-order chi connectivity index (χ0) is 14.9. The molecule has 0 aliphatic rings. The highest BCUT2D eigenvalue weighted by Crippen LogP contribution is 2.31. The van der Waals surface area contributed by atoms with Crippen molar-refractivity contribution in [3.05, 3.63) is 44.0 Å². The molecule has 0 aliphatic carbocycles. The van der Waals surface area contributed by atoms with E-state index in [9.17, 15) is 0 Å². The fraction of sp³-hybridized carbons (Fsp3) is 0.231. The van der Waals surface area contributed by atoms with Crippen LogP contribution in [0.4, 0.5) is 11.8 Å². The summed E-state index contributed by atoms with van der Waals surface area (Å²) in [6, 6.07) is 3.34. The molecule has 0 bridgehead atoms. The Morgan fingerprint density at radius 2 is 1.65 bits per heavy atom. The molecule has 20 heavy (non-hydrogen) atoms. The minimum absolute atomic E-state index is 0.170. The van der Waals surface area contributed by atoms with Crippen LogP contribution < -0.4 is 11.5 Å². The second-order valence-corrected chi connectivity index (χ2v) is 5.50. The molecule has 0 unspecified atom stereocenters. The highest BCUT2D eigenvalue weighted by Gasteiger charge is 2.14. The van der Waals surface area contributed by atoms with Crippen molar-refractivity contribution in [2.75, 3.05) is 11.5 Å². The molecule has 0 atom stereocenters. The maximum absolute atomic E-state index is 6.18. The van der Waals surface area contributed by atoms with E-state index in [1.165, 1.54) is 0 Å². The number of nitrogens with two attached hydrogens (primary N) is 2. The topological polar surface area (TPSA) is 77.8 Å². The summed E-state index contributed by atoms with van der Waals surface area (Å²) in [5, 5.41) is 1.38. The van der Waals surface area contributed by atoms with Gasteiger partial charge in [0.2, 0.25) is 5.95 Å². The fourth-order valence-corrected chi connectivity index (χ4v) is 2.58. The van der Waals surface area contributed by atoms with Gasteiger partial charge in [-0.1, -0.05) is 41.7 Å². The monoisotopic (exact) mass is 330 g/mol. The molecule has 0 fully saturated rings. The first-order chi connectivity index (χ1) is 9.42. The lowest BCUT2D eigenvalue weighted by atomic mass is 10.0. The second-order valence-electron chi connectivity index (χ2n) is 4.28. The average Bonchev–Trinajstić information content (AvgIpc) is 2.38. The number of aryl methyl sites for hydroxylation is 1. The lowest BCUT2D eigenvalue weighted by Gasteiger charge is -2.12. The predicted molar refractivity (Wildman–Crippen MR) is 84.5 cm³/mol. The summed E-state index contributed by atoms with van der Waals surface area (Å²) in [4.78, 5) is 8.19. The zero-order valence-corrected chi connectivity index (χ0v) is 13.0. The van der Waals surface area contributed by atoms with Crippen molar-refractivity contribution >= 4 is 46.6 Å². The van der Waals surface area contributed by atoms with Gasteiger partial charge in [0.15, 0.2) is 0 Å².